The van der Waals surface area contributed by atoms with Crippen molar-refractivity contribution in [2.75, 3.05) is 10.0 Å². The third kappa shape index (κ3) is 4.25. The Morgan fingerprint density at radius 1 is 0.923 bits per heavy atom. The summed E-state index contributed by atoms with van der Waals surface area (Å²) in [5.74, 6) is -0.375. The Labute approximate surface area is 152 Å². The molecule has 2 aromatic carbocycles. The maximum absolute atomic E-state index is 12.4. The maximum Gasteiger partial charge on any atom is 0.261 e. The number of nitrogens with one attached hydrogen (secondary N) is 2. The van der Waals surface area contributed by atoms with Gasteiger partial charge in [0.1, 0.15) is 0 Å². The summed E-state index contributed by atoms with van der Waals surface area (Å²) in [7, 11) is -3.75. The van der Waals surface area contributed by atoms with Gasteiger partial charge in [-0.1, -0.05) is 35.9 Å². The summed E-state index contributed by atoms with van der Waals surface area (Å²) in [4.78, 5) is 16.4. The van der Waals surface area contributed by atoms with Gasteiger partial charge in [0.2, 0.25) is 0 Å². The average molecular weight is 367 g/mol. The van der Waals surface area contributed by atoms with E-state index in [0.29, 0.717) is 5.69 Å². The number of para-hydroxylation sites is 1. The van der Waals surface area contributed by atoms with Crippen molar-refractivity contribution in [1.29, 1.82) is 0 Å². The lowest BCUT2D eigenvalue weighted by Crippen LogP contribution is -2.15. The van der Waals surface area contributed by atoms with Crippen LogP contribution in [0.15, 0.2) is 78.0 Å². The molecule has 6 nitrogen and oxygen atoms in total. The molecule has 0 atom stereocenters. The Morgan fingerprint density at radius 2 is 1.62 bits per heavy atom. The predicted molar refractivity (Wildman–Crippen MR) is 101 cm³/mol. The number of carbonyl (C=O) groups is 1. The number of hydrogen-bond donors (Lipinski definition) is 2. The van der Waals surface area contributed by atoms with Crippen LogP contribution in [0.1, 0.15) is 15.9 Å². The maximum atomic E-state index is 12.4. The molecule has 3 rings (SSSR count). The number of carbonyl (C=O) groups excluding carboxylic acids is 1. The Bertz CT molecular complexity index is 1020. The van der Waals surface area contributed by atoms with Crippen molar-refractivity contribution in [3.63, 3.8) is 0 Å². The van der Waals surface area contributed by atoms with E-state index >= 15 is 0 Å². The summed E-state index contributed by atoms with van der Waals surface area (Å²) in [5, 5.41) is 2.73. The van der Waals surface area contributed by atoms with Crippen molar-refractivity contribution in [3.05, 3.63) is 84.2 Å². The van der Waals surface area contributed by atoms with Crippen molar-refractivity contribution in [2.45, 2.75) is 11.8 Å². The lowest BCUT2D eigenvalue weighted by molar-refractivity contribution is 0.102. The van der Waals surface area contributed by atoms with Gasteiger partial charge in [-0.3, -0.25) is 14.5 Å². The lowest BCUT2D eigenvalue weighted by Gasteiger charge is -2.10. The normalized spacial score (nSPS) is 11.0. The number of aromatic nitrogens is 1. The molecular formula is C19H17N3O3S. The van der Waals surface area contributed by atoms with E-state index in [1.165, 1.54) is 30.6 Å². The number of aryl methyl sites for hydroxylation is 1. The second-order valence-corrected chi connectivity index (χ2v) is 7.38. The highest BCUT2D eigenvalue weighted by Gasteiger charge is 2.15. The van der Waals surface area contributed by atoms with Crippen molar-refractivity contribution in [1.82, 2.24) is 4.98 Å². The van der Waals surface area contributed by atoms with Gasteiger partial charge >= 0.3 is 0 Å². The van der Waals surface area contributed by atoms with E-state index in [0.717, 1.165) is 5.56 Å². The van der Waals surface area contributed by atoms with Crippen LogP contribution in [0, 0.1) is 6.92 Å². The van der Waals surface area contributed by atoms with E-state index in [-0.39, 0.29) is 22.1 Å². The third-order valence-corrected chi connectivity index (χ3v) is 5.01. The fourth-order valence-corrected chi connectivity index (χ4v) is 3.31. The van der Waals surface area contributed by atoms with Crippen LogP contribution in [0.3, 0.4) is 0 Å². The topological polar surface area (TPSA) is 88.2 Å². The highest BCUT2D eigenvalue weighted by molar-refractivity contribution is 7.92. The smallest absolute Gasteiger partial charge is 0.261 e. The Balaban J connectivity index is 1.78. The standard InChI is InChI=1S/C19H17N3O3S/c1-14-7-9-18(10-8-14)26(24,25)22-17-11-15(12-20-13-17)19(23)21-16-5-3-2-4-6-16/h2-13,22H,1H3,(H,21,23). The van der Waals surface area contributed by atoms with Crippen molar-refractivity contribution in [3.8, 4) is 0 Å². The SMILES string of the molecule is Cc1ccc(S(=O)(=O)Nc2cncc(C(=O)Nc3ccccc3)c2)cc1. The number of pyridine rings is 1. The molecule has 0 fully saturated rings. The van der Waals surface area contributed by atoms with Gasteiger partial charge in [-0.15, -0.1) is 0 Å². The summed E-state index contributed by atoms with van der Waals surface area (Å²) in [5.41, 5.74) is 2.07. The van der Waals surface area contributed by atoms with Crippen LogP contribution in [-0.2, 0) is 10.0 Å². The molecule has 2 N–H and O–H groups in total. The molecule has 1 amide bonds. The number of rotatable bonds is 5. The number of sulfonamides is 1. The van der Waals surface area contributed by atoms with Crippen LogP contribution in [0.4, 0.5) is 11.4 Å². The average Bonchev–Trinajstić information content (AvgIpc) is 2.63. The number of nitrogens with zero attached hydrogens (tertiary/aromatic N) is 1. The van der Waals surface area contributed by atoms with Gasteiger partial charge in [0.25, 0.3) is 15.9 Å². The number of hydrogen-bond acceptors (Lipinski definition) is 4. The monoisotopic (exact) mass is 367 g/mol. The van der Waals surface area contributed by atoms with Gasteiger partial charge in [-0.25, -0.2) is 8.42 Å². The first-order valence-corrected chi connectivity index (χ1v) is 9.33. The predicted octanol–water partition coefficient (Wildman–Crippen LogP) is 3.44. The molecular weight excluding hydrogens is 350 g/mol. The molecule has 1 heterocycles. The van der Waals surface area contributed by atoms with Crippen LogP contribution in [0.2, 0.25) is 0 Å². The molecule has 7 heteroatoms. The third-order valence-electron chi connectivity index (χ3n) is 3.62. The molecule has 0 bridgehead atoms. The molecule has 1 aromatic heterocycles. The molecule has 3 aromatic rings. The van der Waals surface area contributed by atoms with Crippen LogP contribution in [-0.4, -0.2) is 19.3 Å². The number of benzene rings is 2. The Kier molecular flexibility index (Phi) is 4.99. The Hall–Kier alpha value is -3.19. The highest BCUT2D eigenvalue weighted by atomic mass is 32.2. The minimum Gasteiger partial charge on any atom is -0.322 e. The number of anilines is 2. The zero-order chi connectivity index (χ0) is 18.6. The highest BCUT2D eigenvalue weighted by Crippen LogP contribution is 2.17. The fourth-order valence-electron chi connectivity index (χ4n) is 2.28. The summed E-state index contributed by atoms with van der Waals surface area (Å²) >= 11 is 0. The molecule has 0 unspecified atom stereocenters. The van der Waals surface area contributed by atoms with Gasteiger partial charge in [0.15, 0.2) is 0 Å². The van der Waals surface area contributed by atoms with Crippen molar-refractivity contribution in [2.24, 2.45) is 0 Å². The molecule has 0 radical (unpaired) electrons. The van der Waals surface area contributed by atoms with E-state index in [1.807, 2.05) is 13.0 Å². The quantitative estimate of drug-likeness (QED) is 0.723. The Morgan fingerprint density at radius 3 is 2.31 bits per heavy atom. The molecule has 0 aliphatic rings. The molecule has 0 saturated carbocycles. The summed E-state index contributed by atoms with van der Waals surface area (Å²) in [6.45, 7) is 1.88. The first kappa shape index (κ1) is 17.6. The summed E-state index contributed by atoms with van der Waals surface area (Å²) < 4.78 is 27.3. The van der Waals surface area contributed by atoms with Crippen LogP contribution >= 0.6 is 0 Å². The first-order chi connectivity index (χ1) is 12.4. The van der Waals surface area contributed by atoms with E-state index in [9.17, 15) is 13.2 Å². The van der Waals surface area contributed by atoms with Crippen LogP contribution < -0.4 is 10.0 Å². The van der Waals surface area contributed by atoms with Gasteiger partial charge in [0, 0.05) is 11.9 Å². The molecule has 0 aliphatic heterocycles. The first-order valence-electron chi connectivity index (χ1n) is 7.85. The van der Waals surface area contributed by atoms with Crippen LogP contribution in [0.5, 0.6) is 0 Å². The van der Waals surface area contributed by atoms with Gasteiger partial charge in [0.05, 0.1) is 22.3 Å². The summed E-state index contributed by atoms with van der Waals surface area (Å²) in [6.07, 6.45) is 2.73. The summed E-state index contributed by atoms with van der Waals surface area (Å²) in [6, 6.07) is 16.9. The van der Waals surface area contributed by atoms with Crippen molar-refractivity contribution < 1.29 is 13.2 Å². The van der Waals surface area contributed by atoms with E-state index in [1.54, 1.807) is 36.4 Å². The largest absolute Gasteiger partial charge is 0.322 e. The zero-order valence-electron chi connectivity index (χ0n) is 14.0. The molecule has 0 spiro atoms. The molecule has 0 saturated heterocycles. The van der Waals surface area contributed by atoms with Crippen LogP contribution in [0.25, 0.3) is 0 Å². The van der Waals surface area contributed by atoms with E-state index in [4.69, 9.17) is 0 Å². The van der Waals surface area contributed by atoms with Crippen molar-refractivity contribution >= 4 is 27.3 Å². The second kappa shape index (κ2) is 7.37. The van der Waals surface area contributed by atoms with E-state index in [2.05, 4.69) is 15.0 Å². The second-order valence-electron chi connectivity index (χ2n) is 5.70. The minimum atomic E-state index is -3.75. The van der Waals surface area contributed by atoms with Gasteiger partial charge < -0.3 is 5.32 Å². The van der Waals surface area contributed by atoms with E-state index < -0.39 is 10.0 Å². The lowest BCUT2D eigenvalue weighted by atomic mass is 10.2. The van der Waals surface area contributed by atoms with Gasteiger partial charge in [-0.2, -0.15) is 0 Å². The zero-order valence-corrected chi connectivity index (χ0v) is 14.8. The minimum absolute atomic E-state index is 0.141. The number of amides is 1. The van der Waals surface area contributed by atoms with Gasteiger partial charge in [-0.05, 0) is 37.3 Å². The molecule has 0 aliphatic carbocycles. The molecule has 26 heavy (non-hydrogen) atoms. The fraction of sp³-hybridized carbons (Fsp3) is 0.0526. The molecule has 132 valence electrons.